The van der Waals surface area contributed by atoms with E-state index in [0.717, 1.165) is 0 Å². The molecule has 0 saturated carbocycles. The fraction of sp³-hybridized carbons (Fsp3) is 0.167. The number of hydrogen-bond acceptors (Lipinski definition) is 6. The number of carbonyl (C=O) groups is 1. The van der Waals surface area contributed by atoms with Crippen molar-refractivity contribution in [3.8, 4) is 0 Å². The number of nitrogens with zero attached hydrogens (tertiary/aromatic N) is 5. The average molecular weight is 366 g/mol. The van der Waals surface area contributed by atoms with Gasteiger partial charge in [-0.05, 0) is 18.2 Å². The van der Waals surface area contributed by atoms with E-state index in [1.807, 2.05) is 6.92 Å². The molecule has 0 saturated heterocycles. The Bertz CT molecular complexity index is 1120. The Morgan fingerprint density at radius 2 is 2.07 bits per heavy atom. The van der Waals surface area contributed by atoms with Gasteiger partial charge in [-0.15, -0.1) is 5.10 Å². The highest BCUT2D eigenvalue weighted by molar-refractivity contribution is 6.09. The molecule has 0 atom stereocenters. The second kappa shape index (κ2) is 6.94. The van der Waals surface area contributed by atoms with E-state index >= 15 is 0 Å². The van der Waals surface area contributed by atoms with Crippen molar-refractivity contribution >= 4 is 23.0 Å². The lowest BCUT2D eigenvalue weighted by Gasteiger charge is -2.04. The van der Waals surface area contributed by atoms with E-state index in [1.54, 1.807) is 36.5 Å². The number of halogens is 1. The second-order valence-electron chi connectivity index (χ2n) is 5.78. The highest BCUT2D eigenvalue weighted by Gasteiger charge is 2.20. The van der Waals surface area contributed by atoms with Crippen molar-refractivity contribution in [1.29, 1.82) is 0 Å². The molecule has 1 aromatic carbocycles. The summed E-state index contributed by atoms with van der Waals surface area (Å²) in [6.07, 6.45) is 2.15. The highest BCUT2D eigenvalue weighted by Crippen LogP contribution is 2.19. The maximum absolute atomic E-state index is 14.0. The standard InChI is InChI=1S/C18H15FN6O2/c1-2-14-22-23-18(27-14)21-17(26)15-12-7-5-9-20-16(12)25(24-15)10-11-6-3-4-8-13(11)19/h3-9H,2,10H2,1H3,(H,21,23,26). The van der Waals surface area contributed by atoms with Crippen molar-refractivity contribution in [3.63, 3.8) is 0 Å². The molecule has 3 heterocycles. The summed E-state index contributed by atoms with van der Waals surface area (Å²) in [5, 5.41) is 15.0. The van der Waals surface area contributed by atoms with Crippen LogP contribution in [0.3, 0.4) is 0 Å². The van der Waals surface area contributed by atoms with Gasteiger partial charge in [-0.2, -0.15) is 5.10 Å². The van der Waals surface area contributed by atoms with Crippen LogP contribution in [-0.2, 0) is 13.0 Å². The largest absolute Gasteiger partial charge is 0.408 e. The summed E-state index contributed by atoms with van der Waals surface area (Å²) < 4.78 is 20.8. The molecule has 0 aliphatic heterocycles. The maximum atomic E-state index is 14.0. The van der Waals surface area contributed by atoms with E-state index in [0.29, 0.717) is 28.9 Å². The number of aryl methyl sites for hydroxylation is 1. The minimum Gasteiger partial charge on any atom is -0.408 e. The molecule has 0 fully saturated rings. The van der Waals surface area contributed by atoms with E-state index in [2.05, 4.69) is 25.6 Å². The van der Waals surface area contributed by atoms with Crippen molar-refractivity contribution in [2.24, 2.45) is 0 Å². The van der Waals surface area contributed by atoms with Crippen LogP contribution < -0.4 is 5.32 Å². The fourth-order valence-electron chi connectivity index (χ4n) is 2.68. The van der Waals surface area contributed by atoms with Crippen molar-refractivity contribution in [3.05, 3.63) is 65.6 Å². The first-order chi connectivity index (χ1) is 13.2. The molecular weight excluding hydrogens is 351 g/mol. The molecule has 4 aromatic rings. The van der Waals surface area contributed by atoms with Crippen LogP contribution in [0.1, 0.15) is 28.9 Å². The number of fused-ring (bicyclic) bond motifs is 1. The predicted octanol–water partition coefficient (Wildman–Crippen LogP) is 2.82. The number of pyridine rings is 1. The first-order valence-corrected chi connectivity index (χ1v) is 8.34. The molecule has 0 aliphatic carbocycles. The molecule has 0 radical (unpaired) electrons. The zero-order chi connectivity index (χ0) is 18.8. The number of amides is 1. The van der Waals surface area contributed by atoms with Crippen molar-refractivity contribution in [1.82, 2.24) is 25.0 Å². The average Bonchev–Trinajstić information content (AvgIpc) is 3.28. The Morgan fingerprint density at radius 3 is 2.85 bits per heavy atom. The molecule has 1 N–H and O–H groups in total. The molecular formula is C18H15FN6O2. The molecule has 1 amide bonds. The number of anilines is 1. The Labute approximate surface area is 153 Å². The topological polar surface area (TPSA) is 98.7 Å². The van der Waals surface area contributed by atoms with Gasteiger partial charge in [0.25, 0.3) is 5.91 Å². The number of benzene rings is 1. The molecule has 4 rings (SSSR count). The normalized spacial score (nSPS) is 11.0. The van der Waals surface area contributed by atoms with Gasteiger partial charge in [-0.25, -0.2) is 14.1 Å². The summed E-state index contributed by atoms with van der Waals surface area (Å²) in [5.74, 6) is -0.436. The molecule has 0 bridgehead atoms. The van der Waals surface area contributed by atoms with E-state index < -0.39 is 5.91 Å². The van der Waals surface area contributed by atoms with Crippen LogP contribution >= 0.6 is 0 Å². The Morgan fingerprint density at radius 1 is 1.22 bits per heavy atom. The number of aromatic nitrogens is 5. The summed E-state index contributed by atoms with van der Waals surface area (Å²) in [6, 6.07) is 9.83. The Balaban J connectivity index is 1.69. The minimum atomic E-state index is -0.508. The van der Waals surface area contributed by atoms with Crippen molar-refractivity contribution in [2.75, 3.05) is 5.32 Å². The van der Waals surface area contributed by atoms with Gasteiger partial charge in [-0.1, -0.05) is 30.2 Å². The van der Waals surface area contributed by atoms with Gasteiger partial charge in [0.15, 0.2) is 11.3 Å². The molecule has 9 heteroatoms. The van der Waals surface area contributed by atoms with Gasteiger partial charge in [0.05, 0.1) is 11.9 Å². The third-order valence-corrected chi connectivity index (χ3v) is 3.99. The lowest BCUT2D eigenvalue weighted by molar-refractivity contribution is 0.102. The molecule has 136 valence electrons. The van der Waals surface area contributed by atoms with Crippen LogP contribution in [0.4, 0.5) is 10.4 Å². The maximum Gasteiger partial charge on any atom is 0.322 e. The lowest BCUT2D eigenvalue weighted by Crippen LogP contribution is -2.14. The summed E-state index contributed by atoms with van der Waals surface area (Å²) in [5.41, 5.74) is 1.07. The van der Waals surface area contributed by atoms with Gasteiger partial charge >= 0.3 is 6.01 Å². The highest BCUT2D eigenvalue weighted by atomic mass is 19.1. The van der Waals surface area contributed by atoms with Gasteiger partial charge in [0, 0.05) is 18.2 Å². The van der Waals surface area contributed by atoms with Crippen LogP contribution in [0, 0.1) is 5.82 Å². The van der Waals surface area contributed by atoms with Gasteiger partial charge in [0.2, 0.25) is 5.89 Å². The van der Waals surface area contributed by atoms with Crippen LogP contribution in [0.5, 0.6) is 0 Å². The van der Waals surface area contributed by atoms with Gasteiger partial charge in [-0.3, -0.25) is 10.1 Å². The minimum absolute atomic E-state index is 0.00227. The SMILES string of the molecule is CCc1nnc(NC(=O)c2nn(Cc3ccccc3F)c3ncccc23)o1. The van der Waals surface area contributed by atoms with Crippen LogP contribution in [0.2, 0.25) is 0 Å². The smallest absolute Gasteiger partial charge is 0.322 e. The molecule has 0 spiro atoms. The third kappa shape index (κ3) is 3.26. The second-order valence-corrected chi connectivity index (χ2v) is 5.78. The van der Waals surface area contributed by atoms with E-state index in [9.17, 15) is 9.18 Å². The van der Waals surface area contributed by atoms with E-state index in [-0.39, 0.29) is 24.1 Å². The van der Waals surface area contributed by atoms with Crippen LogP contribution in [0.25, 0.3) is 11.0 Å². The molecule has 3 aromatic heterocycles. The molecule has 27 heavy (non-hydrogen) atoms. The summed E-state index contributed by atoms with van der Waals surface area (Å²) in [4.78, 5) is 16.9. The molecule has 8 nitrogen and oxygen atoms in total. The Hall–Kier alpha value is -3.62. The molecule has 0 unspecified atom stereocenters. The van der Waals surface area contributed by atoms with Crippen molar-refractivity contribution < 1.29 is 13.6 Å². The van der Waals surface area contributed by atoms with E-state index in [4.69, 9.17) is 4.42 Å². The first kappa shape index (κ1) is 16.8. The summed E-state index contributed by atoms with van der Waals surface area (Å²) in [7, 11) is 0. The molecule has 0 aliphatic rings. The third-order valence-electron chi connectivity index (χ3n) is 3.99. The van der Waals surface area contributed by atoms with Crippen LogP contribution in [-0.4, -0.2) is 30.9 Å². The zero-order valence-electron chi connectivity index (χ0n) is 14.4. The van der Waals surface area contributed by atoms with Gasteiger partial charge in [0.1, 0.15) is 5.82 Å². The lowest BCUT2D eigenvalue weighted by atomic mass is 10.2. The summed E-state index contributed by atoms with van der Waals surface area (Å²) >= 11 is 0. The first-order valence-electron chi connectivity index (χ1n) is 8.34. The fourth-order valence-corrected chi connectivity index (χ4v) is 2.68. The predicted molar refractivity (Wildman–Crippen MR) is 94.7 cm³/mol. The van der Waals surface area contributed by atoms with E-state index in [1.165, 1.54) is 10.7 Å². The number of carbonyl (C=O) groups excluding carboxylic acids is 1. The zero-order valence-corrected chi connectivity index (χ0v) is 14.4. The summed E-state index contributed by atoms with van der Waals surface area (Å²) in [6.45, 7) is 2.01. The quantitative estimate of drug-likeness (QED) is 0.583. The van der Waals surface area contributed by atoms with Crippen molar-refractivity contribution in [2.45, 2.75) is 19.9 Å². The van der Waals surface area contributed by atoms with Crippen LogP contribution in [0.15, 0.2) is 47.0 Å². The Kier molecular flexibility index (Phi) is 4.33. The van der Waals surface area contributed by atoms with Gasteiger partial charge < -0.3 is 4.42 Å². The number of rotatable bonds is 5. The number of hydrogen-bond donors (Lipinski definition) is 1. The monoisotopic (exact) mass is 366 g/mol. The number of nitrogens with one attached hydrogen (secondary N) is 1.